The second-order valence-electron chi connectivity index (χ2n) is 4.13. The van der Waals surface area contributed by atoms with Gasteiger partial charge in [0.25, 0.3) is 0 Å². The van der Waals surface area contributed by atoms with Gasteiger partial charge in [-0.25, -0.2) is 0 Å². The fourth-order valence-electron chi connectivity index (χ4n) is 1.44. The molecule has 18 heavy (non-hydrogen) atoms. The first-order valence-electron chi connectivity index (χ1n) is 5.53. The van der Waals surface area contributed by atoms with Gasteiger partial charge in [0, 0.05) is 13.6 Å². The first kappa shape index (κ1) is 14.7. The minimum absolute atomic E-state index is 0.0207. The highest BCUT2D eigenvalue weighted by molar-refractivity contribution is 7.07. The summed E-state index contributed by atoms with van der Waals surface area (Å²) in [5.41, 5.74) is 1.12. The predicted octanol–water partition coefficient (Wildman–Crippen LogP) is 0.811. The van der Waals surface area contributed by atoms with E-state index in [1.165, 1.54) is 7.11 Å². The van der Waals surface area contributed by atoms with Crippen LogP contribution in [0.2, 0.25) is 0 Å². The van der Waals surface area contributed by atoms with Crippen LogP contribution in [0.4, 0.5) is 0 Å². The van der Waals surface area contributed by atoms with Gasteiger partial charge < -0.3 is 9.64 Å². The molecule has 0 fully saturated rings. The number of ether oxygens (including phenoxy) is 1. The van der Waals surface area contributed by atoms with Crippen molar-refractivity contribution >= 4 is 23.2 Å². The molecule has 0 bridgehead atoms. The van der Waals surface area contributed by atoms with Gasteiger partial charge in [0.15, 0.2) is 0 Å². The molecule has 0 aliphatic carbocycles. The maximum atomic E-state index is 11.9. The lowest BCUT2D eigenvalue weighted by atomic mass is 10.3. The SMILES string of the molecule is COC(=O)CN(C)CC(=O)N(C)Cc1ccsc1. The number of methoxy groups -OCH3 is 1. The Labute approximate surface area is 111 Å². The van der Waals surface area contributed by atoms with E-state index in [1.54, 1.807) is 35.2 Å². The summed E-state index contributed by atoms with van der Waals surface area (Å²) in [4.78, 5) is 26.2. The molecule has 0 aliphatic rings. The molecule has 0 saturated heterocycles. The van der Waals surface area contributed by atoms with Gasteiger partial charge in [-0.05, 0) is 29.4 Å². The van der Waals surface area contributed by atoms with Crippen molar-refractivity contribution in [1.82, 2.24) is 9.80 Å². The maximum absolute atomic E-state index is 11.9. The van der Waals surface area contributed by atoms with Crippen LogP contribution in [0.3, 0.4) is 0 Å². The van der Waals surface area contributed by atoms with Crippen LogP contribution in [0.5, 0.6) is 0 Å². The summed E-state index contributed by atoms with van der Waals surface area (Å²) in [6.45, 7) is 0.915. The van der Waals surface area contributed by atoms with E-state index in [0.717, 1.165) is 5.56 Å². The van der Waals surface area contributed by atoms with Crippen molar-refractivity contribution in [1.29, 1.82) is 0 Å². The summed E-state index contributed by atoms with van der Waals surface area (Å²) in [5, 5.41) is 4.00. The predicted molar refractivity (Wildman–Crippen MR) is 70.3 cm³/mol. The van der Waals surface area contributed by atoms with Gasteiger partial charge in [0.2, 0.25) is 5.91 Å². The second-order valence-corrected chi connectivity index (χ2v) is 4.91. The molecule has 0 unspecified atom stereocenters. The summed E-state index contributed by atoms with van der Waals surface area (Å²) in [6, 6.07) is 1.99. The van der Waals surface area contributed by atoms with Crippen LogP contribution in [0.1, 0.15) is 5.56 Å². The van der Waals surface area contributed by atoms with E-state index in [-0.39, 0.29) is 25.0 Å². The quantitative estimate of drug-likeness (QED) is 0.718. The van der Waals surface area contributed by atoms with Crippen molar-refractivity contribution in [2.24, 2.45) is 0 Å². The zero-order chi connectivity index (χ0) is 13.5. The lowest BCUT2D eigenvalue weighted by Crippen LogP contribution is -2.38. The van der Waals surface area contributed by atoms with Crippen LogP contribution in [-0.4, -0.2) is 56.0 Å². The van der Waals surface area contributed by atoms with Crippen molar-refractivity contribution in [3.05, 3.63) is 22.4 Å². The number of amides is 1. The van der Waals surface area contributed by atoms with E-state index >= 15 is 0 Å². The molecule has 0 aliphatic heterocycles. The van der Waals surface area contributed by atoms with Crippen LogP contribution in [0.25, 0.3) is 0 Å². The summed E-state index contributed by atoms with van der Waals surface area (Å²) in [5.74, 6) is -0.363. The smallest absolute Gasteiger partial charge is 0.319 e. The highest BCUT2D eigenvalue weighted by atomic mass is 32.1. The third kappa shape index (κ3) is 4.85. The van der Waals surface area contributed by atoms with Gasteiger partial charge in [-0.1, -0.05) is 0 Å². The summed E-state index contributed by atoms with van der Waals surface area (Å²) >= 11 is 1.61. The van der Waals surface area contributed by atoms with E-state index in [9.17, 15) is 9.59 Å². The third-order valence-electron chi connectivity index (χ3n) is 2.46. The van der Waals surface area contributed by atoms with Crippen molar-refractivity contribution < 1.29 is 14.3 Å². The number of likely N-dealkylation sites (N-methyl/N-ethyl adjacent to an activating group) is 2. The Hall–Kier alpha value is -1.40. The normalized spacial score (nSPS) is 10.4. The Morgan fingerprint density at radius 1 is 1.33 bits per heavy atom. The van der Waals surface area contributed by atoms with Gasteiger partial charge in [-0.15, -0.1) is 0 Å². The summed E-state index contributed by atoms with van der Waals surface area (Å²) in [7, 11) is 4.81. The average Bonchev–Trinajstić information content (AvgIpc) is 2.81. The van der Waals surface area contributed by atoms with Crippen molar-refractivity contribution in [2.75, 3.05) is 34.3 Å². The Bertz CT molecular complexity index is 392. The number of hydrogen-bond donors (Lipinski definition) is 0. The van der Waals surface area contributed by atoms with Gasteiger partial charge in [-0.2, -0.15) is 11.3 Å². The molecule has 6 heteroatoms. The molecule has 1 amide bonds. The maximum Gasteiger partial charge on any atom is 0.319 e. The topological polar surface area (TPSA) is 49.9 Å². The fraction of sp³-hybridized carbons (Fsp3) is 0.500. The van der Waals surface area contributed by atoms with Crippen LogP contribution in [-0.2, 0) is 20.9 Å². The van der Waals surface area contributed by atoms with Gasteiger partial charge in [0.05, 0.1) is 20.2 Å². The Kier molecular flexibility index (Phi) is 5.80. The molecule has 0 spiro atoms. The molecule has 0 radical (unpaired) electrons. The monoisotopic (exact) mass is 270 g/mol. The highest BCUT2D eigenvalue weighted by Gasteiger charge is 2.14. The van der Waals surface area contributed by atoms with Crippen LogP contribution >= 0.6 is 11.3 Å². The van der Waals surface area contributed by atoms with E-state index in [2.05, 4.69) is 4.74 Å². The lowest BCUT2D eigenvalue weighted by molar-refractivity contribution is -0.142. The highest BCUT2D eigenvalue weighted by Crippen LogP contribution is 2.08. The van der Waals surface area contributed by atoms with Crippen LogP contribution in [0, 0.1) is 0 Å². The number of hydrogen-bond acceptors (Lipinski definition) is 5. The fourth-order valence-corrected chi connectivity index (χ4v) is 2.10. The lowest BCUT2D eigenvalue weighted by Gasteiger charge is -2.20. The van der Waals surface area contributed by atoms with E-state index in [4.69, 9.17) is 0 Å². The molecule has 0 N–H and O–H groups in total. The zero-order valence-corrected chi connectivity index (χ0v) is 11.7. The Balaban J connectivity index is 2.37. The van der Waals surface area contributed by atoms with E-state index in [0.29, 0.717) is 6.54 Å². The number of rotatable bonds is 6. The number of thiophene rings is 1. The molecule has 0 saturated carbocycles. The van der Waals surface area contributed by atoms with Gasteiger partial charge in [0.1, 0.15) is 0 Å². The molecular formula is C12H18N2O3S. The summed E-state index contributed by atoms with van der Waals surface area (Å²) in [6.07, 6.45) is 0. The second kappa shape index (κ2) is 7.13. The first-order chi connectivity index (χ1) is 8.52. The Morgan fingerprint density at radius 2 is 2.06 bits per heavy atom. The zero-order valence-electron chi connectivity index (χ0n) is 10.9. The molecule has 5 nitrogen and oxygen atoms in total. The van der Waals surface area contributed by atoms with Crippen molar-refractivity contribution in [3.8, 4) is 0 Å². The number of carbonyl (C=O) groups is 2. The first-order valence-corrected chi connectivity index (χ1v) is 6.47. The summed E-state index contributed by atoms with van der Waals surface area (Å²) < 4.78 is 4.54. The third-order valence-corrected chi connectivity index (χ3v) is 3.19. The molecule has 1 aromatic rings. The van der Waals surface area contributed by atoms with Gasteiger partial charge in [-0.3, -0.25) is 14.5 Å². The van der Waals surface area contributed by atoms with Crippen molar-refractivity contribution in [3.63, 3.8) is 0 Å². The molecular weight excluding hydrogens is 252 g/mol. The van der Waals surface area contributed by atoms with Gasteiger partial charge >= 0.3 is 5.97 Å². The largest absolute Gasteiger partial charge is 0.468 e. The minimum atomic E-state index is -0.342. The number of nitrogens with zero attached hydrogens (tertiary/aromatic N) is 2. The van der Waals surface area contributed by atoms with Crippen LogP contribution < -0.4 is 0 Å². The number of esters is 1. The molecule has 0 aromatic carbocycles. The minimum Gasteiger partial charge on any atom is -0.468 e. The Morgan fingerprint density at radius 3 is 2.61 bits per heavy atom. The molecule has 1 rings (SSSR count). The van der Waals surface area contributed by atoms with Crippen molar-refractivity contribution in [2.45, 2.75) is 6.54 Å². The molecule has 0 atom stereocenters. The standard InChI is InChI=1S/C12H18N2O3S/c1-13(8-12(16)17-3)7-11(15)14(2)6-10-4-5-18-9-10/h4-5,9H,6-8H2,1-3H3. The molecule has 1 aromatic heterocycles. The van der Waals surface area contributed by atoms with E-state index < -0.39 is 0 Å². The van der Waals surface area contributed by atoms with Crippen LogP contribution in [0.15, 0.2) is 16.8 Å². The molecule has 100 valence electrons. The number of carbonyl (C=O) groups excluding carboxylic acids is 2. The van der Waals surface area contributed by atoms with E-state index in [1.807, 2.05) is 16.8 Å². The average molecular weight is 270 g/mol. The molecule has 1 heterocycles.